The zero-order valence-corrected chi connectivity index (χ0v) is 14.8. The number of aromatic nitrogens is 1. The van der Waals surface area contributed by atoms with Gasteiger partial charge in [-0.25, -0.2) is 0 Å². The Labute approximate surface area is 149 Å². The summed E-state index contributed by atoms with van der Waals surface area (Å²) in [5, 5.41) is 0. The lowest BCUT2D eigenvalue weighted by molar-refractivity contribution is 0.0220. The second kappa shape index (κ2) is 6.96. The van der Waals surface area contributed by atoms with E-state index in [4.69, 9.17) is 0 Å². The van der Waals surface area contributed by atoms with Gasteiger partial charge in [-0.3, -0.25) is 14.7 Å². The fourth-order valence-electron chi connectivity index (χ4n) is 3.51. The highest BCUT2D eigenvalue weighted by Crippen LogP contribution is 2.32. The Balaban J connectivity index is 1.38. The number of carbonyl (C=O) groups is 1. The molecule has 4 heteroatoms. The Morgan fingerprint density at radius 2 is 1.96 bits per heavy atom. The van der Waals surface area contributed by atoms with Gasteiger partial charge in [0.2, 0.25) is 0 Å². The Morgan fingerprint density at radius 1 is 1.20 bits per heavy atom. The fourth-order valence-corrected chi connectivity index (χ4v) is 3.51. The van der Waals surface area contributed by atoms with Crippen LogP contribution < -0.4 is 0 Å². The molecule has 2 aliphatic rings. The smallest absolute Gasteiger partial charge is 0.253 e. The molecule has 1 saturated carbocycles. The van der Waals surface area contributed by atoms with Crippen LogP contribution in [0.2, 0.25) is 0 Å². The number of nitrogens with zero attached hydrogens (tertiary/aromatic N) is 3. The van der Waals surface area contributed by atoms with Crippen LogP contribution in [0.1, 0.15) is 34.3 Å². The number of carbonyl (C=O) groups excluding carboxylic acids is 1. The molecule has 1 aromatic carbocycles. The summed E-state index contributed by atoms with van der Waals surface area (Å²) in [6.45, 7) is 5.81. The third-order valence-electron chi connectivity index (χ3n) is 5.26. The topological polar surface area (TPSA) is 36.4 Å². The maximum absolute atomic E-state index is 12.6. The number of aryl methyl sites for hydroxylation is 1. The highest BCUT2D eigenvalue weighted by Gasteiger charge is 2.37. The number of rotatable bonds is 6. The molecule has 2 aromatic rings. The maximum atomic E-state index is 12.6. The average Bonchev–Trinajstić information content (AvgIpc) is 3.38. The molecule has 2 fully saturated rings. The summed E-state index contributed by atoms with van der Waals surface area (Å²) in [6, 6.07) is 12.5. The van der Waals surface area contributed by atoms with Crippen LogP contribution in [0.3, 0.4) is 0 Å². The maximum Gasteiger partial charge on any atom is 0.253 e. The van der Waals surface area contributed by atoms with Crippen LogP contribution in [0.5, 0.6) is 0 Å². The van der Waals surface area contributed by atoms with Crippen LogP contribution in [0, 0.1) is 12.8 Å². The van der Waals surface area contributed by atoms with E-state index in [9.17, 15) is 4.79 Å². The Bertz CT molecular complexity index is 736. The van der Waals surface area contributed by atoms with Gasteiger partial charge >= 0.3 is 0 Å². The molecule has 4 rings (SSSR count). The largest absolute Gasteiger partial charge is 0.335 e. The van der Waals surface area contributed by atoms with Gasteiger partial charge in [0.05, 0.1) is 0 Å². The summed E-state index contributed by atoms with van der Waals surface area (Å²) in [5.41, 5.74) is 3.25. The number of hydrogen-bond acceptors (Lipinski definition) is 3. The standard InChI is InChI=1S/C21H25N3O/c1-16-3-2-4-19(11-16)21(25)24-14-20(15-24)23(12-17-5-6-17)13-18-7-9-22-10-8-18/h2-4,7-11,17,20H,5-6,12-15H2,1H3. The first-order chi connectivity index (χ1) is 12.2. The minimum Gasteiger partial charge on any atom is -0.335 e. The van der Waals surface area contributed by atoms with Crippen molar-refractivity contribution in [1.82, 2.24) is 14.8 Å². The van der Waals surface area contributed by atoms with E-state index in [1.54, 1.807) is 0 Å². The molecular weight excluding hydrogens is 310 g/mol. The van der Waals surface area contributed by atoms with Crippen LogP contribution >= 0.6 is 0 Å². The van der Waals surface area contributed by atoms with Crippen LogP contribution in [0.15, 0.2) is 48.8 Å². The van der Waals surface area contributed by atoms with E-state index in [0.717, 1.165) is 43.2 Å². The van der Waals surface area contributed by atoms with E-state index < -0.39 is 0 Å². The summed E-state index contributed by atoms with van der Waals surface area (Å²) in [6.07, 6.45) is 6.43. The minimum absolute atomic E-state index is 0.162. The van der Waals surface area contributed by atoms with Gasteiger partial charge in [-0.2, -0.15) is 0 Å². The van der Waals surface area contributed by atoms with E-state index >= 15 is 0 Å². The molecule has 1 aliphatic heterocycles. The van der Waals surface area contributed by atoms with Crippen molar-refractivity contribution in [3.05, 3.63) is 65.5 Å². The van der Waals surface area contributed by atoms with Gasteiger partial charge in [-0.15, -0.1) is 0 Å². The Morgan fingerprint density at radius 3 is 2.64 bits per heavy atom. The second-order valence-electron chi connectivity index (χ2n) is 7.46. The van der Waals surface area contributed by atoms with Crippen LogP contribution in [-0.4, -0.2) is 46.4 Å². The molecule has 0 bridgehead atoms. The van der Waals surface area contributed by atoms with Gasteiger partial charge in [0, 0.05) is 50.2 Å². The van der Waals surface area contributed by atoms with Gasteiger partial charge < -0.3 is 4.90 Å². The van der Waals surface area contributed by atoms with Gasteiger partial charge in [0.15, 0.2) is 0 Å². The van der Waals surface area contributed by atoms with E-state index in [1.807, 2.05) is 48.5 Å². The molecule has 1 aliphatic carbocycles. The number of benzene rings is 1. The van der Waals surface area contributed by atoms with Crippen molar-refractivity contribution in [2.24, 2.45) is 5.92 Å². The van der Waals surface area contributed by atoms with Crippen LogP contribution in [-0.2, 0) is 6.54 Å². The van der Waals surface area contributed by atoms with Crippen LogP contribution in [0.4, 0.5) is 0 Å². The van der Waals surface area contributed by atoms with Crippen molar-refractivity contribution in [3.63, 3.8) is 0 Å². The predicted octanol–water partition coefficient (Wildman–Crippen LogP) is 3.13. The summed E-state index contributed by atoms with van der Waals surface area (Å²) < 4.78 is 0. The van der Waals surface area contributed by atoms with Crippen molar-refractivity contribution in [3.8, 4) is 0 Å². The van der Waals surface area contributed by atoms with E-state index in [2.05, 4.69) is 22.0 Å². The SMILES string of the molecule is Cc1cccc(C(=O)N2CC(N(Cc3ccncc3)CC3CC3)C2)c1. The highest BCUT2D eigenvalue weighted by molar-refractivity contribution is 5.95. The fraction of sp³-hybridized carbons (Fsp3) is 0.429. The van der Waals surface area contributed by atoms with Crippen molar-refractivity contribution < 1.29 is 4.79 Å². The van der Waals surface area contributed by atoms with Gasteiger partial charge in [0.1, 0.15) is 0 Å². The lowest BCUT2D eigenvalue weighted by Gasteiger charge is -2.45. The van der Waals surface area contributed by atoms with Crippen molar-refractivity contribution >= 4 is 5.91 Å². The Hall–Kier alpha value is -2.20. The molecule has 2 heterocycles. The van der Waals surface area contributed by atoms with Crippen LogP contribution in [0.25, 0.3) is 0 Å². The third kappa shape index (κ3) is 3.90. The van der Waals surface area contributed by atoms with E-state index in [0.29, 0.717) is 6.04 Å². The number of amides is 1. The lowest BCUT2D eigenvalue weighted by atomic mass is 10.0. The molecule has 0 spiro atoms. The zero-order chi connectivity index (χ0) is 17.2. The molecule has 0 atom stereocenters. The molecule has 130 valence electrons. The molecule has 0 N–H and O–H groups in total. The van der Waals surface area contributed by atoms with Gasteiger partial charge in [0.25, 0.3) is 5.91 Å². The molecular formula is C21H25N3O. The second-order valence-corrected chi connectivity index (χ2v) is 7.46. The first kappa shape index (κ1) is 16.3. The Kier molecular flexibility index (Phi) is 4.53. The molecule has 0 radical (unpaired) electrons. The monoisotopic (exact) mass is 335 g/mol. The van der Waals surface area contributed by atoms with Crippen molar-refractivity contribution in [1.29, 1.82) is 0 Å². The molecule has 0 unspecified atom stereocenters. The molecule has 1 amide bonds. The average molecular weight is 335 g/mol. The first-order valence-electron chi connectivity index (χ1n) is 9.18. The lowest BCUT2D eigenvalue weighted by Crippen LogP contribution is -2.61. The molecule has 1 saturated heterocycles. The first-order valence-corrected chi connectivity index (χ1v) is 9.18. The summed E-state index contributed by atoms with van der Waals surface area (Å²) >= 11 is 0. The number of hydrogen-bond donors (Lipinski definition) is 0. The summed E-state index contributed by atoms with van der Waals surface area (Å²) in [5.74, 6) is 1.01. The molecule has 25 heavy (non-hydrogen) atoms. The van der Waals surface area contributed by atoms with Gasteiger partial charge in [-0.05, 0) is 55.5 Å². The zero-order valence-electron chi connectivity index (χ0n) is 14.8. The normalized spacial score (nSPS) is 17.6. The van der Waals surface area contributed by atoms with E-state index in [1.165, 1.54) is 18.4 Å². The van der Waals surface area contributed by atoms with Gasteiger partial charge in [-0.1, -0.05) is 17.7 Å². The third-order valence-corrected chi connectivity index (χ3v) is 5.26. The molecule has 4 nitrogen and oxygen atoms in total. The molecule has 1 aromatic heterocycles. The predicted molar refractivity (Wildman–Crippen MR) is 98.2 cm³/mol. The summed E-state index contributed by atoms with van der Waals surface area (Å²) in [7, 11) is 0. The summed E-state index contributed by atoms with van der Waals surface area (Å²) in [4.78, 5) is 21.3. The van der Waals surface area contributed by atoms with Crippen molar-refractivity contribution in [2.75, 3.05) is 19.6 Å². The van der Waals surface area contributed by atoms with E-state index in [-0.39, 0.29) is 5.91 Å². The number of pyridine rings is 1. The highest BCUT2D eigenvalue weighted by atomic mass is 16.2. The number of likely N-dealkylation sites (tertiary alicyclic amines) is 1. The minimum atomic E-state index is 0.162. The van der Waals surface area contributed by atoms with Crippen molar-refractivity contribution in [2.45, 2.75) is 32.4 Å². The quantitative estimate of drug-likeness (QED) is 0.814.